The lowest BCUT2D eigenvalue weighted by Gasteiger charge is -2.36. The maximum Gasteiger partial charge on any atom is 0.328 e. The third-order valence-electron chi connectivity index (χ3n) is 3.02. The van der Waals surface area contributed by atoms with Gasteiger partial charge in [0.2, 0.25) is 0 Å². The van der Waals surface area contributed by atoms with Gasteiger partial charge in [0.25, 0.3) is 0 Å². The maximum atomic E-state index is 12.0. The molecule has 1 aliphatic rings. The molecule has 0 spiro atoms. The molecule has 1 atom stereocenters. The zero-order valence-corrected chi connectivity index (χ0v) is 10.2. The molecule has 0 bridgehead atoms. The van der Waals surface area contributed by atoms with Crippen molar-refractivity contribution in [2.75, 3.05) is 27.2 Å². The van der Waals surface area contributed by atoms with Gasteiger partial charge in [0.15, 0.2) is 0 Å². The number of amides is 2. The predicted molar refractivity (Wildman–Crippen MR) is 60.1 cm³/mol. The molecule has 1 fully saturated rings. The van der Waals surface area contributed by atoms with Crippen molar-refractivity contribution in [3.8, 4) is 0 Å². The van der Waals surface area contributed by atoms with Crippen LogP contribution in [0, 0.1) is 0 Å². The normalized spacial score (nSPS) is 20.4. The Morgan fingerprint density at radius 3 is 2.69 bits per heavy atom. The molecule has 2 amide bonds. The first-order valence-electron chi connectivity index (χ1n) is 5.71. The number of methoxy groups -OCH3 is 1. The monoisotopic (exact) mass is 228 g/mol. The van der Waals surface area contributed by atoms with Crippen LogP contribution in [0.2, 0.25) is 0 Å². The van der Waals surface area contributed by atoms with E-state index in [4.69, 9.17) is 4.74 Å². The average Bonchev–Trinajstić information content (AvgIpc) is 2.35. The van der Waals surface area contributed by atoms with Crippen LogP contribution in [-0.4, -0.2) is 55.1 Å². The Kier molecular flexibility index (Phi) is 4.58. The van der Waals surface area contributed by atoms with Crippen molar-refractivity contribution in [1.82, 2.24) is 9.80 Å². The van der Waals surface area contributed by atoms with Crippen LogP contribution < -0.4 is 0 Å². The van der Waals surface area contributed by atoms with E-state index >= 15 is 0 Å². The van der Waals surface area contributed by atoms with Crippen LogP contribution >= 0.6 is 0 Å². The molecule has 0 aromatic heterocycles. The fraction of sp³-hybridized carbons (Fsp3) is 0.818. The first-order valence-corrected chi connectivity index (χ1v) is 5.71. The van der Waals surface area contributed by atoms with Crippen LogP contribution in [0.15, 0.2) is 0 Å². The Hall–Kier alpha value is -1.26. The zero-order chi connectivity index (χ0) is 12.1. The first kappa shape index (κ1) is 12.8. The summed E-state index contributed by atoms with van der Waals surface area (Å²) in [5, 5.41) is 0. The molecule has 0 radical (unpaired) electrons. The number of likely N-dealkylation sites (tertiary alicyclic amines) is 1. The van der Waals surface area contributed by atoms with Gasteiger partial charge in [-0.1, -0.05) is 0 Å². The highest BCUT2D eigenvalue weighted by Gasteiger charge is 2.33. The van der Waals surface area contributed by atoms with E-state index in [1.165, 1.54) is 7.11 Å². The summed E-state index contributed by atoms with van der Waals surface area (Å²) in [7, 11) is 3.11. The van der Waals surface area contributed by atoms with E-state index in [1.54, 1.807) is 16.8 Å². The summed E-state index contributed by atoms with van der Waals surface area (Å²) in [6.45, 7) is 3.20. The molecule has 0 aromatic rings. The molecule has 1 rings (SSSR count). The third kappa shape index (κ3) is 2.65. The van der Waals surface area contributed by atoms with Crippen LogP contribution in [0.3, 0.4) is 0 Å². The summed E-state index contributed by atoms with van der Waals surface area (Å²) < 4.78 is 4.73. The SMILES string of the molecule is CCN(C)C(=O)N1CCCC[C@@H]1C(=O)OC. The zero-order valence-electron chi connectivity index (χ0n) is 10.2. The number of hydrogen-bond acceptors (Lipinski definition) is 3. The second-order valence-electron chi connectivity index (χ2n) is 4.02. The Bertz CT molecular complexity index is 268. The molecule has 0 aliphatic carbocycles. The van der Waals surface area contributed by atoms with Crippen LogP contribution in [0.4, 0.5) is 4.79 Å². The minimum absolute atomic E-state index is 0.0856. The fourth-order valence-corrected chi connectivity index (χ4v) is 1.90. The summed E-state index contributed by atoms with van der Waals surface area (Å²) in [6, 6.07) is -0.488. The van der Waals surface area contributed by atoms with Crippen LogP contribution in [0.5, 0.6) is 0 Å². The lowest BCUT2D eigenvalue weighted by Crippen LogP contribution is -2.52. The molecule has 92 valence electrons. The standard InChI is InChI=1S/C11H20N2O3/c1-4-12(2)11(15)13-8-6-5-7-9(13)10(14)16-3/h9H,4-8H2,1-3H3/t9-/m1/s1. The number of carbonyl (C=O) groups is 2. The molecule has 1 aliphatic heterocycles. The van der Waals surface area contributed by atoms with Crippen LogP contribution in [0.1, 0.15) is 26.2 Å². The van der Waals surface area contributed by atoms with Gasteiger partial charge < -0.3 is 14.5 Å². The minimum atomic E-state index is -0.403. The van der Waals surface area contributed by atoms with Gasteiger partial charge in [-0.15, -0.1) is 0 Å². The Morgan fingerprint density at radius 2 is 2.12 bits per heavy atom. The molecule has 1 saturated heterocycles. The molecule has 1 heterocycles. The number of carbonyl (C=O) groups excluding carboxylic acids is 2. The summed E-state index contributed by atoms with van der Waals surface area (Å²) in [5.74, 6) is -0.308. The molecule has 0 unspecified atom stereocenters. The van der Waals surface area contributed by atoms with Gasteiger partial charge in [-0.3, -0.25) is 0 Å². The predicted octanol–water partition coefficient (Wildman–Crippen LogP) is 1.09. The van der Waals surface area contributed by atoms with Gasteiger partial charge >= 0.3 is 12.0 Å². The minimum Gasteiger partial charge on any atom is -0.467 e. The van der Waals surface area contributed by atoms with Crippen molar-refractivity contribution in [2.24, 2.45) is 0 Å². The largest absolute Gasteiger partial charge is 0.467 e. The van der Waals surface area contributed by atoms with E-state index < -0.39 is 6.04 Å². The Labute approximate surface area is 96.3 Å². The number of nitrogens with zero attached hydrogens (tertiary/aromatic N) is 2. The van der Waals surface area contributed by atoms with Crippen LogP contribution in [-0.2, 0) is 9.53 Å². The lowest BCUT2D eigenvalue weighted by molar-refractivity contribution is -0.147. The molecule has 16 heavy (non-hydrogen) atoms. The second kappa shape index (κ2) is 5.72. The number of esters is 1. The molecule has 0 N–H and O–H groups in total. The number of urea groups is 1. The number of rotatable bonds is 2. The van der Waals surface area contributed by atoms with Crippen molar-refractivity contribution in [1.29, 1.82) is 0 Å². The second-order valence-corrected chi connectivity index (χ2v) is 4.02. The van der Waals surface area contributed by atoms with Gasteiger partial charge in [-0.2, -0.15) is 0 Å². The third-order valence-corrected chi connectivity index (χ3v) is 3.02. The smallest absolute Gasteiger partial charge is 0.328 e. The summed E-state index contributed by atoms with van der Waals surface area (Å²) >= 11 is 0. The summed E-state index contributed by atoms with van der Waals surface area (Å²) in [6.07, 6.45) is 2.63. The molecule has 0 aromatic carbocycles. The molecule has 5 heteroatoms. The van der Waals surface area contributed by atoms with E-state index in [1.807, 2.05) is 6.92 Å². The molecule has 0 saturated carbocycles. The van der Waals surface area contributed by atoms with Crippen molar-refractivity contribution in [2.45, 2.75) is 32.2 Å². The van der Waals surface area contributed by atoms with Crippen molar-refractivity contribution in [3.05, 3.63) is 0 Å². The van der Waals surface area contributed by atoms with E-state index in [-0.39, 0.29) is 12.0 Å². The van der Waals surface area contributed by atoms with Gasteiger partial charge in [0.1, 0.15) is 6.04 Å². The topological polar surface area (TPSA) is 49.9 Å². The molecular weight excluding hydrogens is 208 g/mol. The van der Waals surface area contributed by atoms with E-state index in [0.717, 1.165) is 12.8 Å². The number of piperidine rings is 1. The first-order chi connectivity index (χ1) is 7.61. The van der Waals surface area contributed by atoms with Gasteiger partial charge in [-0.25, -0.2) is 9.59 Å². The van der Waals surface area contributed by atoms with Gasteiger partial charge in [0.05, 0.1) is 7.11 Å². The Balaban J connectivity index is 2.73. The fourth-order valence-electron chi connectivity index (χ4n) is 1.90. The van der Waals surface area contributed by atoms with Gasteiger partial charge in [0, 0.05) is 20.1 Å². The molecular formula is C11H20N2O3. The summed E-state index contributed by atoms with van der Waals surface area (Å²) in [4.78, 5) is 26.8. The maximum absolute atomic E-state index is 12.0. The van der Waals surface area contributed by atoms with Crippen molar-refractivity contribution >= 4 is 12.0 Å². The number of ether oxygens (including phenoxy) is 1. The highest BCUT2D eigenvalue weighted by Crippen LogP contribution is 2.19. The average molecular weight is 228 g/mol. The highest BCUT2D eigenvalue weighted by atomic mass is 16.5. The number of hydrogen-bond donors (Lipinski definition) is 0. The molecule has 5 nitrogen and oxygen atoms in total. The van der Waals surface area contributed by atoms with E-state index in [2.05, 4.69) is 0 Å². The Morgan fingerprint density at radius 1 is 1.44 bits per heavy atom. The summed E-state index contributed by atoms with van der Waals surface area (Å²) in [5.41, 5.74) is 0. The van der Waals surface area contributed by atoms with E-state index in [9.17, 15) is 9.59 Å². The van der Waals surface area contributed by atoms with Crippen LogP contribution in [0.25, 0.3) is 0 Å². The van der Waals surface area contributed by atoms with Crippen molar-refractivity contribution < 1.29 is 14.3 Å². The van der Waals surface area contributed by atoms with Gasteiger partial charge in [-0.05, 0) is 26.2 Å². The quantitative estimate of drug-likeness (QED) is 0.665. The lowest BCUT2D eigenvalue weighted by atomic mass is 10.0. The highest BCUT2D eigenvalue weighted by molar-refractivity contribution is 5.83. The van der Waals surface area contributed by atoms with E-state index in [0.29, 0.717) is 19.5 Å². The van der Waals surface area contributed by atoms with Crippen molar-refractivity contribution in [3.63, 3.8) is 0 Å².